The lowest BCUT2D eigenvalue weighted by Gasteiger charge is -2.12. The highest BCUT2D eigenvalue weighted by Gasteiger charge is 2.16. The normalized spacial score (nSPS) is 12.0. The molecule has 0 spiro atoms. The number of allylic oxidation sites excluding steroid dienone is 3. The zero-order chi connectivity index (χ0) is 30.9. The largest absolute Gasteiger partial charge is 0.404 e. The van der Waals surface area contributed by atoms with E-state index in [-0.39, 0.29) is 0 Å². The first kappa shape index (κ1) is 27.9. The third-order valence-electron chi connectivity index (χ3n) is 8.70. The quantitative estimate of drug-likeness (QED) is 0.187. The second-order valence-corrected chi connectivity index (χ2v) is 11.3. The Labute approximate surface area is 264 Å². The summed E-state index contributed by atoms with van der Waals surface area (Å²) in [6.07, 6.45) is 9.53. The molecule has 0 radical (unpaired) electrons. The highest BCUT2D eigenvalue weighted by molar-refractivity contribution is 6.19. The van der Waals surface area contributed by atoms with Gasteiger partial charge in [-0.1, -0.05) is 128 Å². The molecule has 0 fully saturated rings. The van der Waals surface area contributed by atoms with Crippen molar-refractivity contribution in [1.29, 1.82) is 0 Å². The van der Waals surface area contributed by atoms with E-state index in [0.29, 0.717) is 0 Å². The van der Waals surface area contributed by atoms with E-state index in [1.165, 1.54) is 54.9 Å². The molecule has 0 saturated carbocycles. The first-order chi connectivity index (χ1) is 22.1. The Bertz CT molecular complexity index is 2300. The second-order valence-electron chi connectivity index (χ2n) is 11.3. The maximum absolute atomic E-state index is 5.94. The fourth-order valence-corrected chi connectivity index (χ4v) is 6.44. The molecule has 7 aromatic rings. The average molecular weight is 579 g/mol. The number of hydrogen-bond acceptors (Lipinski definition) is 1. The number of benzene rings is 6. The summed E-state index contributed by atoms with van der Waals surface area (Å²) < 4.78 is 2.38. The fraction of sp³-hybridized carbons (Fsp3) is 0.0233. The number of nitrogens with two attached hydrogens (primary N) is 1. The van der Waals surface area contributed by atoms with Crippen molar-refractivity contribution < 1.29 is 0 Å². The van der Waals surface area contributed by atoms with E-state index in [1.807, 2.05) is 13.0 Å². The summed E-state index contributed by atoms with van der Waals surface area (Å²) >= 11 is 0. The van der Waals surface area contributed by atoms with Crippen LogP contribution in [0.15, 0.2) is 153 Å². The van der Waals surface area contributed by atoms with Crippen molar-refractivity contribution in [3.8, 4) is 27.9 Å². The third-order valence-corrected chi connectivity index (χ3v) is 8.70. The van der Waals surface area contributed by atoms with Crippen LogP contribution >= 0.6 is 0 Å². The molecule has 2 heteroatoms. The van der Waals surface area contributed by atoms with Crippen LogP contribution in [0.5, 0.6) is 0 Å². The van der Waals surface area contributed by atoms with Gasteiger partial charge in [-0.15, -0.1) is 0 Å². The Kier molecular flexibility index (Phi) is 7.25. The number of rotatable bonds is 7. The molecular formula is C43H34N2. The molecule has 0 saturated heterocycles. The van der Waals surface area contributed by atoms with Gasteiger partial charge >= 0.3 is 0 Å². The van der Waals surface area contributed by atoms with Crippen LogP contribution in [0.4, 0.5) is 0 Å². The minimum atomic E-state index is 0.911. The number of para-hydroxylation sites is 1. The molecule has 1 heterocycles. The van der Waals surface area contributed by atoms with Crippen molar-refractivity contribution in [2.45, 2.75) is 6.92 Å². The van der Waals surface area contributed by atoms with Crippen molar-refractivity contribution in [3.05, 3.63) is 170 Å². The van der Waals surface area contributed by atoms with Crippen molar-refractivity contribution in [1.82, 2.24) is 4.57 Å². The molecule has 0 aliphatic carbocycles. The van der Waals surface area contributed by atoms with Crippen LogP contribution in [0.2, 0.25) is 0 Å². The Balaban J connectivity index is 1.35. The van der Waals surface area contributed by atoms with E-state index in [4.69, 9.17) is 5.73 Å². The molecule has 0 amide bonds. The predicted molar refractivity (Wildman–Crippen MR) is 196 cm³/mol. The number of fused-ring (bicyclic) bond motifs is 5. The maximum atomic E-state index is 5.94. The first-order valence-electron chi connectivity index (χ1n) is 15.2. The Morgan fingerprint density at radius 2 is 1.31 bits per heavy atom. The molecular weight excluding hydrogens is 544 g/mol. The molecule has 1 aromatic heterocycles. The molecule has 0 unspecified atom stereocenters. The smallest absolute Gasteiger partial charge is 0.0619 e. The van der Waals surface area contributed by atoms with Gasteiger partial charge in [0.25, 0.3) is 0 Å². The Hall–Kier alpha value is -5.86. The molecule has 216 valence electrons. The minimum Gasteiger partial charge on any atom is -0.404 e. The molecule has 2 nitrogen and oxygen atoms in total. The summed E-state index contributed by atoms with van der Waals surface area (Å²) in [6, 6.07) is 43.8. The van der Waals surface area contributed by atoms with E-state index in [0.717, 1.165) is 27.9 Å². The second kappa shape index (κ2) is 11.7. The van der Waals surface area contributed by atoms with Crippen LogP contribution < -0.4 is 5.73 Å². The molecule has 6 aromatic carbocycles. The summed E-state index contributed by atoms with van der Waals surface area (Å²) in [6.45, 7) is 9.97. The van der Waals surface area contributed by atoms with Crippen LogP contribution in [-0.2, 0) is 0 Å². The zero-order valence-corrected chi connectivity index (χ0v) is 25.4. The summed E-state index contributed by atoms with van der Waals surface area (Å²) in [5.41, 5.74) is 18.4. The number of nitrogens with zero attached hydrogens (tertiary/aromatic N) is 1. The highest BCUT2D eigenvalue weighted by Crippen LogP contribution is 2.39. The molecule has 0 aliphatic heterocycles. The molecule has 0 aliphatic rings. The van der Waals surface area contributed by atoms with Crippen LogP contribution in [0.1, 0.15) is 23.6 Å². The van der Waals surface area contributed by atoms with E-state index in [2.05, 4.69) is 151 Å². The van der Waals surface area contributed by atoms with Crippen molar-refractivity contribution >= 4 is 50.3 Å². The summed E-state index contributed by atoms with van der Waals surface area (Å²) in [4.78, 5) is 0. The lowest BCUT2D eigenvalue weighted by molar-refractivity contribution is 1.19. The van der Waals surface area contributed by atoms with Crippen LogP contribution in [0.25, 0.3) is 78.2 Å². The Morgan fingerprint density at radius 1 is 0.644 bits per heavy atom. The maximum Gasteiger partial charge on any atom is 0.0619 e. The van der Waals surface area contributed by atoms with E-state index >= 15 is 0 Å². The van der Waals surface area contributed by atoms with Gasteiger partial charge in [0, 0.05) is 28.0 Å². The van der Waals surface area contributed by atoms with E-state index in [9.17, 15) is 0 Å². The predicted octanol–water partition coefficient (Wildman–Crippen LogP) is 11.4. The molecule has 45 heavy (non-hydrogen) atoms. The SMILES string of the molecule is C=C/C(=C\N)c1ccc2c3ccc4cc(-c5ccc(-c6ccc(C=C)c(/C=C\C)c6)cc5)ccc4c3n(-c3ccccc3)c2c1. The van der Waals surface area contributed by atoms with Crippen LogP contribution in [0, 0.1) is 0 Å². The molecule has 2 N–H and O–H groups in total. The van der Waals surface area contributed by atoms with Gasteiger partial charge in [-0.3, -0.25) is 0 Å². The van der Waals surface area contributed by atoms with Crippen molar-refractivity contribution in [2.75, 3.05) is 0 Å². The molecule has 0 bridgehead atoms. The van der Waals surface area contributed by atoms with Gasteiger partial charge in [0.15, 0.2) is 0 Å². The van der Waals surface area contributed by atoms with Gasteiger partial charge in [-0.2, -0.15) is 0 Å². The minimum absolute atomic E-state index is 0.911. The topological polar surface area (TPSA) is 30.9 Å². The van der Waals surface area contributed by atoms with Gasteiger partial charge in [0.2, 0.25) is 0 Å². The van der Waals surface area contributed by atoms with Gasteiger partial charge in [0.1, 0.15) is 0 Å². The lowest BCUT2D eigenvalue weighted by atomic mass is 9.95. The third kappa shape index (κ3) is 4.87. The molecule has 0 atom stereocenters. The van der Waals surface area contributed by atoms with Crippen molar-refractivity contribution in [3.63, 3.8) is 0 Å². The number of hydrogen-bond donors (Lipinski definition) is 1. The number of aromatic nitrogens is 1. The van der Waals surface area contributed by atoms with Crippen LogP contribution in [0.3, 0.4) is 0 Å². The fourth-order valence-electron chi connectivity index (χ4n) is 6.44. The van der Waals surface area contributed by atoms with Crippen LogP contribution in [-0.4, -0.2) is 4.57 Å². The summed E-state index contributed by atoms with van der Waals surface area (Å²) in [5, 5.41) is 4.85. The van der Waals surface area contributed by atoms with Gasteiger partial charge in [-0.25, -0.2) is 0 Å². The van der Waals surface area contributed by atoms with E-state index < -0.39 is 0 Å². The summed E-state index contributed by atoms with van der Waals surface area (Å²) in [7, 11) is 0. The Morgan fingerprint density at radius 3 is 2.00 bits per heavy atom. The lowest BCUT2D eigenvalue weighted by Crippen LogP contribution is -1.95. The molecule has 7 rings (SSSR count). The standard InChI is InChI=1S/C43H34N2/c1-4-10-33-25-34(18-13-29(33)5-2)31-14-16-32(17-15-31)35-19-22-39-37(26-35)21-24-41-40-23-20-36(30(6-3)28-44)27-42(40)45(43(39)41)38-11-8-7-9-12-38/h4-28H,2-3,44H2,1H3/b10-4-,30-28+. The monoisotopic (exact) mass is 578 g/mol. The van der Waals surface area contributed by atoms with Gasteiger partial charge in [-0.05, 0) is 87.2 Å². The van der Waals surface area contributed by atoms with E-state index in [1.54, 1.807) is 12.3 Å². The van der Waals surface area contributed by atoms with Gasteiger partial charge in [0.05, 0.1) is 11.0 Å². The van der Waals surface area contributed by atoms with Crippen molar-refractivity contribution in [2.24, 2.45) is 5.73 Å². The zero-order valence-electron chi connectivity index (χ0n) is 25.4. The summed E-state index contributed by atoms with van der Waals surface area (Å²) in [5.74, 6) is 0. The highest BCUT2D eigenvalue weighted by atomic mass is 15.0. The first-order valence-corrected chi connectivity index (χ1v) is 15.2. The van der Waals surface area contributed by atoms with Gasteiger partial charge < -0.3 is 10.3 Å². The average Bonchev–Trinajstić information content (AvgIpc) is 3.43.